The van der Waals surface area contributed by atoms with Crippen LogP contribution >= 0.6 is 11.8 Å². The standard InChI is InChI=1S/C34H39FN8O2S/c1-3-4-6-21(16-24-18-39-28(36)15-20(24)2)17-41-33(44)27-13-14-29-40-19-26(34(45)43(27)29)42-30(22-7-5-8-22)32(38)46-31(37)23-9-11-25(35)12-10-23/h9-12,15-16,18-19,27,37-38,42H,3-8,13-14,17H2,1-2H3,(H2,36,39)(H,41,44)/b21-16+,37-31?,38-32?. The molecular weight excluding hydrogens is 603 g/mol. The van der Waals surface area contributed by atoms with Gasteiger partial charge in [-0.15, -0.1) is 0 Å². The minimum absolute atomic E-state index is 0.0844. The van der Waals surface area contributed by atoms with Gasteiger partial charge in [0.2, 0.25) is 5.91 Å². The maximum Gasteiger partial charge on any atom is 0.277 e. The number of anilines is 2. The lowest BCUT2D eigenvalue weighted by Crippen LogP contribution is -2.37. The van der Waals surface area contributed by atoms with Gasteiger partial charge in [-0.25, -0.2) is 14.4 Å². The van der Waals surface area contributed by atoms with E-state index in [1.807, 2.05) is 19.1 Å². The molecule has 3 aromatic rings. The Kier molecular flexibility index (Phi) is 10.5. The lowest BCUT2D eigenvalue weighted by atomic mass is 9.90. The summed E-state index contributed by atoms with van der Waals surface area (Å²) in [5.74, 6) is 0.359. The number of nitrogens with zero attached hydrogens (tertiary/aromatic N) is 3. The van der Waals surface area contributed by atoms with E-state index < -0.39 is 11.9 Å². The maximum absolute atomic E-state index is 13.8. The molecule has 46 heavy (non-hydrogen) atoms. The van der Waals surface area contributed by atoms with Gasteiger partial charge >= 0.3 is 0 Å². The molecule has 0 spiro atoms. The topological polar surface area (TPSA) is 163 Å². The van der Waals surface area contributed by atoms with Gasteiger partial charge in [-0.05, 0) is 104 Å². The Balaban J connectivity index is 1.32. The average molecular weight is 643 g/mol. The van der Waals surface area contributed by atoms with Crippen LogP contribution in [0.1, 0.15) is 80.4 Å². The van der Waals surface area contributed by atoms with E-state index in [1.54, 1.807) is 6.20 Å². The third-order valence-electron chi connectivity index (χ3n) is 8.31. The van der Waals surface area contributed by atoms with Crippen molar-refractivity contribution in [2.24, 2.45) is 0 Å². The van der Waals surface area contributed by atoms with Gasteiger partial charge in [0, 0.05) is 24.7 Å². The number of aryl methyl sites for hydroxylation is 2. The molecule has 0 saturated heterocycles. The van der Waals surface area contributed by atoms with E-state index in [-0.39, 0.29) is 27.2 Å². The van der Waals surface area contributed by atoms with Crippen LogP contribution in [-0.4, -0.2) is 37.1 Å². The predicted octanol–water partition coefficient (Wildman–Crippen LogP) is 6.13. The van der Waals surface area contributed by atoms with Crippen molar-refractivity contribution in [1.82, 2.24) is 19.9 Å². The number of thioether (sulfide) groups is 1. The van der Waals surface area contributed by atoms with Crippen LogP contribution in [0, 0.1) is 23.6 Å². The lowest BCUT2D eigenvalue weighted by molar-refractivity contribution is -0.124. The highest BCUT2D eigenvalue weighted by Gasteiger charge is 2.32. The number of pyridine rings is 1. The number of carbonyl (C=O) groups is 1. The molecule has 2 aromatic heterocycles. The van der Waals surface area contributed by atoms with Crippen molar-refractivity contribution in [2.45, 2.75) is 71.3 Å². The summed E-state index contributed by atoms with van der Waals surface area (Å²) in [6.07, 6.45) is 11.5. The number of amides is 1. The number of carbonyl (C=O) groups excluding carboxylic acids is 1. The number of nitrogens with one attached hydrogen (secondary N) is 4. The highest BCUT2D eigenvalue weighted by molar-refractivity contribution is 8.27. The van der Waals surface area contributed by atoms with Crippen molar-refractivity contribution in [2.75, 3.05) is 17.6 Å². The first-order valence-electron chi connectivity index (χ1n) is 15.5. The maximum atomic E-state index is 13.8. The molecule has 1 aliphatic heterocycles. The Morgan fingerprint density at radius 3 is 2.61 bits per heavy atom. The van der Waals surface area contributed by atoms with E-state index in [4.69, 9.17) is 16.6 Å². The highest BCUT2D eigenvalue weighted by Crippen LogP contribution is 2.32. The molecule has 6 N–H and O–H groups in total. The molecule has 12 heteroatoms. The van der Waals surface area contributed by atoms with Gasteiger partial charge in [0.25, 0.3) is 5.56 Å². The van der Waals surface area contributed by atoms with Crippen molar-refractivity contribution in [3.63, 3.8) is 0 Å². The van der Waals surface area contributed by atoms with Crippen LogP contribution < -0.4 is 21.9 Å². The number of hydrogen-bond acceptors (Lipinski definition) is 9. The molecule has 1 atom stereocenters. The van der Waals surface area contributed by atoms with Crippen molar-refractivity contribution < 1.29 is 9.18 Å². The van der Waals surface area contributed by atoms with Gasteiger partial charge in [0.05, 0.1) is 11.9 Å². The van der Waals surface area contributed by atoms with Gasteiger partial charge in [-0.2, -0.15) is 0 Å². The van der Waals surface area contributed by atoms with Crippen LogP contribution in [0.15, 0.2) is 64.4 Å². The van der Waals surface area contributed by atoms with E-state index in [1.165, 1.54) is 35.0 Å². The smallest absolute Gasteiger partial charge is 0.277 e. The summed E-state index contributed by atoms with van der Waals surface area (Å²) < 4.78 is 14.8. The van der Waals surface area contributed by atoms with Crippen molar-refractivity contribution >= 4 is 45.3 Å². The number of allylic oxidation sites excluding steroid dienone is 1. The van der Waals surface area contributed by atoms with Gasteiger partial charge in [0.15, 0.2) is 0 Å². The van der Waals surface area contributed by atoms with Crippen LogP contribution in [0.25, 0.3) is 6.08 Å². The molecule has 5 rings (SSSR count). The number of fused-ring (bicyclic) bond motifs is 1. The van der Waals surface area contributed by atoms with Gasteiger partial charge in [-0.1, -0.05) is 25.0 Å². The zero-order valence-electron chi connectivity index (χ0n) is 26.1. The zero-order chi connectivity index (χ0) is 32.8. The average Bonchev–Trinajstić information content (AvgIpc) is 3.45. The fourth-order valence-corrected chi connectivity index (χ4v) is 6.24. The molecule has 1 amide bonds. The van der Waals surface area contributed by atoms with E-state index in [2.05, 4.69) is 27.5 Å². The number of nitrogens with two attached hydrogens (primary N) is 1. The minimum atomic E-state index is -0.704. The van der Waals surface area contributed by atoms with E-state index in [0.717, 1.165) is 72.6 Å². The normalized spacial score (nSPS) is 15.6. The summed E-state index contributed by atoms with van der Waals surface area (Å²) in [6.45, 7) is 4.44. The van der Waals surface area contributed by atoms with Crippen LogP contribution in [0.4, 0.5) is 15.9 Å². The Bertz CT molecular complexity index is 1770. The Hall–Kier alpha value is -4.58. The zero-order valence-corrected chi connectivity index (χ0v) is 26.9. The number of benzene rings is 1. The Morgan fingerprint density at radius 1 is 1.17 bits per heavy atom. The van der Waals surface area contributed by atoms with Crippen LogP contribution in [0.2, 0.25) is 0 Å². The Morgan fingerprint density at radius 2 is 1.93 bits per heavy atom. The Labute approximate surface area is 271 Å². The first kappa shape index (κ1) is 32.8. The molecule has 10 nitrogen and oxygen atoms in total. The van der Waals surface area contributed by atoms with E-state index in [0.29, 0.717) is 42.3 Å². The largest absolute Gasteiger partial charge is 0.384 e. The van der Waals surface area contributed by atoms with E-state index in [9.17, 15) is 14.0 Å². The summed E-state index contributed by atoms with van der Waals surface area (Å²) in [4.78, 5) is 36.0. The molecule has 1 saturated carbocycles. The van der Waals surface area contributed by atoms with Gasteiger partial charge < -0.3 is 16.4 Å². The quantitative estimate of drug-likeness (QED) is 0.124. The molecule has 1 unspecified atom stereocenters. The molecule has 3 heterocycles. The molecule has 1 fully saturated rings. The molecule has 0 radical (unpaired) electrons. The number of nitrogen functional groups attached to an aromatic ring is 1. The monoisotopic (exact) mass is 642 g/mol. The summed E-state index contributed by atoms with van der Waals surface area (Å²) in [5.41, 5.74) is 10.6. The SMILES string of the molecule is CCCC/C(=C\c1cnc(N)cc1C)CNC(=O)C1CCc2ncc(NC(C(=N)SC(=N)c3ccc(F)cc3)=C3CCC3)c(=O)n21. The fourth-order valence-electron chi connectivity index (χ4n) is 5.49. The number of hydrogen-bond donors (Lipinski definition) is 5. The number of unbranched alkanes of at least 4 members (excludes halogenated alkanes) is 1. The van der Waals surface area contributed by atoms with Gasteiger partial charge in [0.1, 0.15) is 39.3 Å². The second-order valence-electron chi connectivity index (χ2n) is 11.6. The molecule has 2 aliphatic rings. The van der Waals surface area contributed by atoms with Crippen molar-refractivity contribution in [3.05, 3.63) is 98.3 Å². The number of halogens is 1. The molecule has 0 bridgehead atoms. The van der Waals surface area contributed by atoms with Gasteiger partial charge in [-0.3, -0.25) is 25.0 Å². The first-order chi connectivity index (χ1) is 22.1. The van der Waals surface area contributed by atoms with Crippen LogP contribution in [-0.2, 0) is 11.2 Å². The second-order valence-corrected chi connectivity index (χ2v) is 12.7. The minimum Gasteiger partial charge on any atom is -0.384 e. The molecule has 1 aromatic carbocycles. The third-order valence-corrected chi connectivity index (χ3v) is 9.15. The second kappa shape index (κ2) is 14.7. The lowest BCUT2D eigenvalue weighted by Gasteiger charge is -2.24. The van der Waals surface area contributed by atoms with Crippen molar-refractivity contribution in [3.8, 4) is 0 Å². The fraction of sp³-hybridized carbons (Fsp3) is 0.353. The van der Waals surface area contributed by atoms with Crippen LogP contribution in [0.3, 0.4) is 0 Å². The number of rotatable bonds is 11. The van der Waals surface area contributed by atoms with E-state index >= 15 is 0 Å². The first-order valence-corrected chi connectivity index (χ1v) is 16.4. The molecule has 240 valence electrons. The third kappa shape index (κ3) is 7.61. The highest BCUT2D eigenvalue weighted by atomic mass is 32.2. The molecular formula is C34H39FN8O2S. The summed E-state index contributed by atoms with van der Waals surface area (Å²) >= 11 is 0.932. The van der Waals surface area contributed by atoms with Crippen LogP contribution in [0.5, 0.6) is 0 Å². The summed E-state index contributed by atoms with van der Waals surface area (Å²) in [7, 11) is 0. The van der Waals surface area contributed by atoms with Crippen molar-refractivity contribution in [1.29, 1.82) is 10.8 Å². The molecule has 1 aliphatic carbocycles. The number of aromatic nitrogens is 3. The predicted molar refractivity (Wildman–Crippen MR) is 183 cm³/mol. The summed E-state index contributed by atoms with van der Waals surface area (Å²) in [6, 6.07) is 6.68. The summed E-state index contributed by atoms with van der Waals surface area (Å²) in [5, 5.41) is 23.6.